The van der Waals surface area contributed by atoms with Gasteiger partial charge in [-0.2, -0.15) is 0 Å². The molecule has 3 heteroatoms. The molecule has 0 spiro atoms. The van der Waals surface area contributed by atoms with Crippen molar-refractivity contribution in [3.05, 3.63) is 0 Å². The monoisotopic (exact) mass is 219 g/mol. The van der Waals surface area contributed by atoms with Crippen molar-refractivity contribution in [3.63, 3.8) is 0 Å². The highest BCUT2D eigenvalue weighted by atomic mass is 35.5. The highest BCUT2D eigenvalue weighted by Gasteiger charge is 2.22. The van der Waals surface area contributed by atoms with Crippen LogP contribution in [-0.2, 0) is 4.74 Å². The SMILES string of the molecule is CCCC(C)CN1CCOCC1CCl. The Morgan fingerprint density at radius 2 is 2.36 bits per heavy atom. The Labute approximate surface area is 92.6 Å². The van der Waals surface area contributed by atoms with E-state index >= 15 is 0 Å². The quantitative estimate of drug-likeness (QED) is 0.659. The zero-order chi connectivity index (χ0) is 10.4. The third-order valence-corrected chi connectivity index (χ3v) is 3.21. The number of ether oxygens (including phenoxy) is 1. The Morgan fingerprint density at radius 1 is 1.57 bits per heavy atom. The number of morpholine rings is 1. The summed E-state index contributed by atoms with van der Waals surface area (Å²) in [5.74, 6) is 1.47. The summed E-state index contributed by atoms with van der Waals surface area (Å²) in [5, 5.41) is 0. The van der Waals surface area contributed by atoms with Gasteiger partial charge in [0.25, 0.3) is 0 Å². The van der Waals surface area contributed by atoms with Crippen LogP contribution in [0.15, 0.2) is 0 Å². The zero-order valence-electron chi connectivity index (χ0n) is 9.34. The molecule has 0 aromatic heterocycles. The Hall–Kier alpha value is 0.210. The van der Waals surface area contributed by atoms with Gasteiger partial charge in [0, 0.05) is 25.0 Å². The highest BCUT2D eigenvalue weighted by molar-refractivity contribution is 6.18. The van der Waals surface area contributed by atoms with Crippen molar-refractivity contribution in [2.45, 2.75) is 32.7 Å². The molecule has 1 fully saturated rings. The number of halogens is 1. The number of rotatable bonds is 5. The molecule has 2 unspecified atom stereocenters. The third-order valence-electron chi connectivity index (χ3n) is 2.86. The van der Waals surface area contributed by atoms with Gasteiger partial charge in [-0.3, -0.25) is 4.90 Å². The molecule has 0 saturated carbocycles. The normalized spacial score (nSPS) is 26.4. The molecule has 0 bridgehead atoms. The first-order valence-electron chi connectivity index (χ1n) is 5.65. The number of nitrogens with zero attached hydrogens (tertiary/aromatic N) is 1. The van der Waals surface area contributed by atoms with Crippen LogP contribution in [0.5, 0.6) is 0 Å². The fraction of sp³-hybridized carbons (Fsp3) is 1.00. The molecule has 1 heterocycles. The predicted octanol–water partition coefficient (Wildman–Crippen LogP) is 2.36. The highest BCUT2D eigenvalue weighted by Crippen LogP contribution is 2.14. The molecular formula is C11H22ClNO. The van der Waals surface area contributed by atoms with Crippen LogP contribution in [0.3, 0.4) is 0 Å². The predicted molar refractivity (Wildman–Crippen MR) is 61.0 cm³/mol. The van der Waals surface area contributed by atoms with Crippen LogP contribution in [0, 0.1) is 5.92 Å². The van der Waals surface area contributed by atoms with Crippen molar-refractivity contribution < 1.29 is 4.74 Å². The van der Waals surface area contributed by atoms with E-state index in [2.05, 4.69) is 18.7 Å². The Balaban J connectivity index is 2.32. The molecule has 0 aromatic rings. The smallest absolute Gasteiger partial charge is 0.0634 e. The van der Waals surface area contributed by atoms with E-state index in [1.165, 1.54) is 19.4 Å². The van der Waals surface area contributed by atoms with Gasteiger partial charge in [0.15, 0.2) is 0 Å². The van der Waals surface area contributed by atoms with Gasteiger partial charge in [0.05, 0.1) is 13.2 Å². The summed E-state index contributed by atoms with van der Waals surface area (Å²) in [5.41, 5.74) is 0. The molecule has 2 atom stereocenters. The molecule has 0 aliphatic carbocycles. The van der Waals surface area contributed by atoms with Crippen molar-refractivity contribution in [2.24, 2.45) is 5.92 Å². The standard InChI is InChI=1S/C11H22ClNO/c1-3-4-10(2)8-13-5-6-14-9-11(13)7-12/h10-11H,3-9H2,1-2H3. The maximum Gasteiger partial charge on any atom is 0.0634 e. The van der Waals surface area contributed by atoms with Crippen LogP contribution in [0.4, 0.5) is 0 Å². The van der Waals surface area contributed by atoms with Gasteiger partial charge in [-0.05, 0) is 12.3 Å². The maximum atomic E-state index is 5.91. The number of hydrogen-bond acceptors (Lipinski definition) is 2. The first kappa shape index (κ1) is 12.3. The van der Waals surface area contributed by atoms with Crippen molar-refractivity contribution in [1.29, 1.82) is 0 Å². The molecule has 0 amide bonds. The van der Waals surface area contributed by atoms with Crippen LogP contribution >= 0.6 is 11.6 Å². The van der Waals surface area contributed by atoms with E-state index in [1.807, 2.05) is 0 Å². The van der Waals surface area contributed by atoms with Crippen LogP contribution < -0.4 is 0 Å². The first-order chi connectivity index (χ1) is 6.77. The second-order valence-corrected chi connectivity index (χ2v) is 4.58. The van der Waals surface area contributed by atoms with Crippen LogP contribution in [0.2, 0.25) is 0 Å². The van der Waals surface area contributed by atoms with Gasteiger partial charge >= 0.3 is 0 Å². The lowest BCUT2D eigenvalue weighted by molar-refractivity contribution is -0.00536. The zero-order valence-corrected chi connectivity index (χ0v) is 10.1. The van der Waals surface area contributed by atoms with Crippen molar-refractivity contribution in [3.8, 4) is 0 Å². The Bertz CT molecular complexity index is 154. The number of alkyl halides is 1. The summed E-state index contributed by atoms with van der Waals surface area (Å²) in [6, 6.07) is 0.435. The summed E-state index contributed by atoms with van der Waals surface area (Å²) in [7, 11) is 0. The topological polar surface area (TPSA) is 12.5 Å². The van der Waals surface area contributed by atoms with Gasteiger partial charge in [0.2, 0.25) is 0 Å². The van der Waals surface area contributed by atoms with Crippen molar-refractivity contribution >= 4 is 11.6 Å². The van der Waals surface area contributed by atoms with Crippen LogP contribution in [0.25, 0.3) is 0 Å². The lowest BCUT2D eigenvalue weighted by atomic mass is 10.0. The molecule has 84 valence electrons. The molecule has 0 N–H and O–H groups in total. The van der Waals surface area contributed by atoms with E-state index in [9.17, 15) is 0 Å². The fourth-order valence-corrected chi connectivity index (χ4v) is 2.34. The Morgan fingerprint density at radius 3 is 3.00 bits per heavy atom. The minimum Gasteiger partial charge on any atom is -0.378 e. The summed E-state index contributed by atoms with van der Waals surface area (Å²) in [6.07, 6.45) is 2.59. The molecule has 2 nitrogen and oxygen atoms in total. The van der Waals surface area contributed by atoms with Crippen LogP contribution in [-0.4, -0.2) is 43.1 Å². The molecule has 1 aliphatic heterocycles. The summed E-state index contributed by atoms with van der Waals surface area (Å²) in [6.45, 7) is 8.47. The summed E-state index contributed by atoms with van der Waals surface area (Å²) >= 11 is 5.91. The van der Waals surface area contributed by atoms with E-state index in [0.29, 0.717) is 11.9 Å². The van der Waals surface area contributed by atoms with Gasteiger partial charge in [-0.15, -0.1) is 11.6 Å². The lowest BCUT2D eigenvalue weighted by Gasteiger charge is -2.36. The van der Waals surface area contributed by atoms with Gasteiger partial charge < -0.3 is 4.74 Å². The average molecular weight is 220 g/mol. The van der Waals surface area contributed by atoms with Gasteiger partial charge in [0.1, 0.15) is 0 Å². The van der Waals surface area contributed by atoms with Crippen molar-refractivity contribution in [1.82, 2.24) is 4.90 Å². The first-order valence-corrected chi connectivity index (χ1v) is 6.19. The largest absolute Gasteiger partial charge is 0.378 e. The maximum absolute atomic E-state index is 5.91. The van der Waals surface area contributed by atoms with Crippen molar-refractivity contribution in [2.75, 3.05) is 32.2 Å². The average Bonchev–Trinajstić information content (AvgIpc) is 2.19. The molecular weight excluding hydrogens is 198 g/mol. The van der Waals surface area contributed by atoms with E-state index in [-0.39, 0.29) is 0 Å². The summed E-state index contributed by atoms with van der Waals surface area (Å²) in [4.78, 5) is 2.48. The number of hydrogen-bond donors (Lipinski definition) is 0. The second-order valence-electron chi connectivity index (χ2n) is 4.27. The molecule has 0 aromatic carbocycles. The second kappa shape index (κ2) is 6.65. The van der Waals surface area contributed by atoms with Crippen LogP contribution in [0.1, 0.15) is 26.7 Å². The van der Waals surface area contributed by atoms with E-state index in [0.717, 1.165) is 25.7 Å². The van der Waals surface area contributed by atoms with E-state index < -0.39 is 0 Å². The molecule has 1 saturated heterocycles. The molecule has 0 radical (unpaired) electrons. The molecule has 1 aliphatic rings. The minimum atomic E-state index is 0.435. The third kappa shape index (κ3) is 3.76. The van der Waals surface area contributed by atoms with Gasteiger partial charge in [-0.25, -0.2) is 0 Å². The Kier molecular flexibility index (Phi) is 5.83. The van der Waals surface area contributed by atoms with Gasteiger partial charge in [-0.1, -0.05) is 20.3 Å². The van der Waals surface area contributed by atoms with E-state index in [1.54, 1.807) is 0 Å². The minimum absolute atomic E-state index is 0.435. The lowest BCUT2D eigenvalue weighted by Crippen LogP contribution is -2.48. The fourth-order valence-electron chi connectivity index (χ4n) is 2.06. The molecule has 14 heavy (non-hydrogen) atoms. The van der Waals surface area contributed by atoms with E-state index in [4.69, 9.17) is 16.3 Å². The summed E-state index contributed by atoms with van der Waals surface area (Å²) < 4.78 is 5.42. The molecule has 1 rings (SSSR count).